The molecule has 0 radical (unpaired) electrons. The van der Waals surface area contributed by atoms with E-state index in [1.165, 1.54) is 60.9 Å². The van der Waals surface area contributed by atoms with Gasteiger partial charge in [0.1, 0.15) is 0 Å². The summed E-state index contributed by atoms with van der Waals surface area (Å²) in [6, 6.07) is 75.1. The fourth-order valence-electron chi connectivity index (χ4n) is 8.50. The summed E-state index contributed by atoms with van der Waals surface area (Å²) in [6.07, 6.45) is 0. The number of aromatic nitrogens is 1. The highest BCUT2D eigenvalue weighted by atomic mass is 15.1. The molecule has 240 valence electrons. The van der Waals surface area contributed by atoms with Crippen LogP contribution in [0.5, 0.6) is 0 Å². The zero-order valence-electron chi connectivity index (χ0n) is 28.0. The average molecular weight is 651 g/mol. The van der Waals surface area contributed by atoms with Crippen molar-refractivity contribution >= 4 is 38.9 Å². The summed E-state index contributed by atoms with van der Waals surface area (Å²) in [7, 11) is 0. The molecule has 51 heavy (non-hydrogen) atoms. The minimum Gasteiger partial charge on any atom is -0.311 e. The molecule has 2 heterocycles. The molecule has 1 aromatic heterocycles. The predicted molar refractivity (Wildman–Crippen MR) is 213 cm³/mol. The Bertz CT molecular complexity index is 2580. The maximum atomic E-state index is 2.50. The number of nitrogens with zero attached hydrogens (tertiary/aromatic N) is 2. The van der Waals surface area contributed by atoms with Crippen LogP contribution in [0.1, 0.15) is 22.3 Å². The van der Waals surface area contributed by atoms with Crippen molar-refractivity contribution in [3.63, 3.8) is 0 Å². The first-order valence-corrected chi connectivity index (χ1v) is 17.6. The van der Waals surface area contributed by atoms with E-state index in [1.807, 2.05) is 0 Å². The van der Waals surface area contributed by atoms with Crippen LogP contribution in [0.4, 0.5) is 17.1 Å². The maximum absolute atomic E-state index is 2.50. The molecule has 0 spiro atoms. The van der Waals surface area contributed by atoms with Crippen LogP contribution in [0.15, 0.2) is 206 Å². The Labute approximate surface area is 298 Å². The molecule has 0 atom stereocenters. The van der Waals surface area contributed by atoms with Crippen LogP contribution in [-0.4, -0.2) is 4.57 Å². The van der Waals surface area contributed by atoms with Crippen LogP contribution in [0, 0.1) is 0 Å². The predicted octanol–water partition coefficient (Wildman–Crippen LogP) is 12.6. The lowest BCUT2D eigenvalue weighted by Crippen LogP contribution is -2.35. The minimum absolute atomic E-state index is 0.467. The van der Waals surface area contributed by atoms with Crippen molar-refractivity contribution in [1.29, 1.82) is 0 Å². The van der Waals surface area contributed by atoms with E-state index in [0.29, 0.717) is 0 Å². The summed E-state index contributed by atoms with van der Waals surface area (Å²) in [4.78, 5) is 2.31. The van der Waals surface area contributed by atoms with Gasteiger partial charge in [-0.15, -0.1) is 0 Å². The lowest BCUT2D eigenvalue weighted by Gasteiger charge is -2.41. The lowest BCUT2D eigenvalue weighted by molar-refractivity contribution is 0.728. The van der Waals surface area contributed by atoms with Crippen LogP contribution in [-0.2, 0) is 5.41 Å². The third kappa shape index (κ3) is 4.43. The topological polar surface area (TPSA) is 8.17 Å². The number of rotatable bonds is 6. The summed E-state index contributed by atoms with van der Waals surface area (Å²) >= 11 is 0. The van der Waals surface area contributed by atoms with E-state index in [-0.39, 0.29) is 0 Å². The molecule has 2 heteroatoms. The highest BCUT2D eigenvalue weighted by Gasteiger charge is 2.45. The summed E-state index contributed by atoms with van der Waals surface area (Å²) in [5.74, 6) is 0. The van der Waals surface area contributed by atoms with Gasteiger partial charge in [-0.05, 0) is 88.0 Å². The first kappa shape index (κ1) is 29.3. The van der Waals surface area contributed by atoms with Crippen molar-refractivity contribution < 1.29 is 0 Å². The zero-order valence-corrected chi connectivity index (χ0v) is 28.0. The van der Waals surface area contributed by atoms with E-state index in [1.54, 1.807) is 0 Å². The van der Waals surface area contributed by atoms with E-state index in [0.717, 1.165) is 17.1 Å². The maximum Gasteiger partial charge on any atom is 0.0742 e. The van der Waals surface area contributed by atoms with Crippen molar-refractivity contribution in [1.82, 2.24) is 4.57 Å². The van der Waals surface area contributed by atoms with E-state index < -0.39 is 5.41 Å². The van der Waals surface area contributed by atoms with Gasteiger partial charge in [0.25, 0.3) is 0 Å². The minimum atomic E-state index is -0.467. The van der Waals surface area contributed by atoms with Crippen molar-refractivity contribution in [3.8, 4) is 16.8 Å². The van der Waals surface area contributed by atoms with E-state index in [2.05, 4.69) is 216 Å². The largest absolute Gasteiger partial charge is 0.311 e. The van der Waals surface area contributed by atoms with Crippen LogP contribution in [0.25, 0.3) is 38.6 Å². The fourth-order valence-corrected chi connectivity index (χ4v) is 8.50. The number of hydrogen-bond acceptors (Lipinski definition) is 1. The van der Waals surface area contributed by atoms with Gasteiger partial charge in [0.15, 0.2) is 0 Å². The Morgan fingerprint density at radius 3 is 1.51 bits per heavy atom. The van der Waals surface area contributed by atoms with Crippen LogP contribution >= 0.6 is 0 Å². The monoisotopic (exact) mass is 650 g/mol. The SMILES string of the molecule is c1ccc(N(c2ccccc2)c2ccc(-c3ccc4c(c3)c3cccc5c3n4-c3ccccc3C5(c3ccccc3)c3ccccc3)cc2)cc1. The Morgan fingerprint density at radius 2 is 0.882 bits per heavy atom. The molecule has 10 rings (SSSR count). The molecule has 0 bridgehead atoms. The Balaban J connectivity index is 1.17. The highest BCUT2D eigenvalue weighted by Crippen LogP contribution is 2.54. The Kier molecular flexibility index (Phi) is 6.75. The van der Waals surface area contributed by atoms with Crippen LogP contribution in [0.2, 0.25) is 0 Å². The van der Waals surface area contributed by atoms with Gasteiger partial charge in [-0.3, -0.25) is 0 Å². The van der Waals surface area contributed by atoms with Gasteiger partial charge in [0.2, 0.25) is 0 Å². The summed E-state index contributed by atoms with van der Waals surface area (Å²) in [5.41, 5.74) is 14.2. The lowest BCUT2D eigenvalue weighted by atomic mass is 9.63. The van der Waals surface area contributed by atoms with Crippen molar-refractivity contribution in [2.45, 2.75) is 5.41 Å². The third-order valence-electron chi connectivity index (χ3n) is 10.6. The van der Waals surface area contributed by atoms with Gasteiger partial charge in [0.05, 0.1) is 22.1 Å². The smallest absolute Gasteiger partial charge is 0.0742 e. The zero-order chi connectivity index (χ0) is 33.8. The first-order valence-electron chi connectivity index (χ1n) is 17.6. The fraction of sp³-hybridized carbons (Fsp3) is 0.0204. The molecule has 1 aliphatic heterocycles. The molecule has 2 nitrogen and oxygen atoms in total. The van der Waals surface area contributed by atoms with Crippen LogP contribution < -0.4 is 4.90 Å². The molecule has 0 unspecified atom stereocenters. The van der Waals surface area contributed by atoms with Gasteiger partial charge in [-0.25, -0.2) is 0 Å². The van der Waals surface area contributed by atoms with E-state index in [4.69, 9.17) is 0 Å². The molecule has 0 fully saturated rings. The van der Waals surface area contributed by atoms with Gasteiger partial charge in [0, 0.05) is 27.8 Å². The summed E-state index contributed by atoms with van der Waals surface area (Å²) in [5, 5.41) is 2.53. The van der Waals surface area contributed by atoms with Crippen molar-refractivity contribution in [2.75, 3.05) is 4.90 Å². The molecule has 0 saturated carbocycles. The second-order valence-electron chi connectivity index (χ2n) is 13.3. The second kappa shape index (κ2) is 11.8. The molecule has 0 N–H and O–H groups in total. The van der Waals surface area contributed by atoms with Gasteiger partial charge in [-0.2, -0.15) is 0 Å². The molecule has 0 amide bonds. The average Bonchev–Trinajstić information content (AvgIpc) is 3.55. The van der Waals surface area contributed by atoms with Gasteiger partial charge in [-0.1, -0.05) is 152 Å². The standard InChI is InChI=1S/C49H34N2/c1-5-16-37(17-6-1)49(38-18-7-2-8-19-38)44-25-13-14-27-47(44)51-46-33-30-36(34-43(46)42-24-15-26-45(49)48(42)51)35-28-31-41(32-29-35)50(39-20-9-3-10-21-39)40-22-11-4-12-23-40/h1-34H. The normalized spacial score (nSPS) is 12.9. The van der Waals surface area contributed by atoms with Gasteiger partial charge >= 0.3 is 0 Å². The molecule has 1 aliphatic rings. The Hall–Kier alpha value is -6.64. The molecular formula is C49H34N2. The van der Waals surface area contributed by atoms with Gasteiger partial charge < -0.3 is 9.47 Å². The second-order valence-corrected chi connectivity index (χ2v) is 13.3. The first-order chi connectivity index (χ1) is 25.3. The van der Waals surface area contributed by atoms with E-state index in [9.17, 15) is 0 Å². The number of hydrogen-bond donors (Lipinski definition) is 0. The molecule has 0 saturated heterocycles. The molecule has 9 aromatic rings. The van der Waals surface area contributed by atoms with E-state index >= 15 is 0 Å². The summed E-state index contributed by atoms with van der Waals surface area (Å²) in [6.45, 7) is 0. The number of anilines is 3. The molecule has 8 aromatic carbocycles. The number of benzene rings is 8. The highest BCUT2D eigenvalue weighted by molar-refractivity contribution is 6.13. The molecular weight excluding hydrogens is 617 g/mol. The number of fused-ring (bicyclic) bond motifs is 5. The third-order valence-corrected chi connectivity index (χ3v) is 10.6. The number of para-hydroxylation sites is 4. The van der Waals surface area contributed by atoms with Crippen LogP contribution in [0.3, 0.4) is 0 Å². The Morgan fingerprint density at radius 1 is 0.373 bits per heavy atom. The van der Waals surface area contributed by atoms with Crippen molar-refractivity contribution in [2.24, 2.45) is 0 Å². The summed E-state index contributed by atoms with van der Waals surface area (Å²) < 4.78 is 2.50. The van der Waals surface area contributed by atoms with Crippen molar-refractivity contribution in [3.05, 3.63) is 229 Å². The quantitative estimate of drug-likeness (QED) is 0.174. The molecule has 0 aliphatic carbocycles.